The lowest BCUT2D eigenvalue weighted by molar-refractivity contribution is -0.117. The molecule has 3 rings (SSSR count). The Kier molecular flexibility index (Phi) is 3.39. The molecule has 1 heterocycles. The van der Waals surface area contributed by atoms with Crippen LogP contribution in [0.3, 0.4) is 0 Å². The van der Waals surface area contributed by atoms with Crippen molar-refractivity contribution in [2.75, 3.05) is 17.8 Å². The molecule has 1 aliphatic rings. The molecule has 5 nitrogen and oxygen atoms in total. The van der Waals surface area contributed by atoms with E-state index in [2.05, 4.69) is 5.32 Å². The maximum Gasteiger partial charge on any atom is 0.231 e. The first-order valence-electron chi connectivity index (χ1n) is 6.69. The summed E-state index contributed by atoms with van der Waals surface area (Å²) >= 11 is 0. The Hall–Kier alpha value is -2.69. The van der Waals surface area contributed by atoms with Gasteiger partial charge in [-0.15, -0.1) is 0 Å². The fourth-order valence-electron chi connectivity index (χ4n) is 2.20. The van der Waals surface area contributed by atoms with E-state index in [1.54, 1.807) is 24.3 Å². The molecule has 0 aliphatic carbocycles. The number of nitrogens with two attached hydrogens (primary N) is 1. The lowest BCUT2D eigenvalue weighted by Gasteiger charge is -2.13. The summed E-state index contributed by atoms with van der Waals surface area (Å²) < 4.78 is 10.5. The van der Waals surface area contributed by atoms with Crippen LogP contribution in [0.5, 0.6) is 11.5 Å². The number of amides is 1. The van der Waals surface area contributed by atoms with Crippen molar-refractivity contribution in [3.8, 4) is 11.5 Å². The van der Waals surface area contributed by atoms with Gasteiger partial charge in [-0.2, -0.15) is 0 Å². The number of nitrogens with one attached hydrogen (secondary N) is 1. The third-order valence-corrected chi connectivity index (χ3v) is 3.44. The normalized spacial score (nSPS) is 13.8. The average Bonchev–Trinajstić information content (AvgIpc) is 2.94. The zero-order valence-corrected chi connectivity index (χ0v) is 11.6. The summed E-state index contributed by atoms with van der Waals surface area (Å²) in [6.45, 7) is 2.06. The number of benzene rings is 2. The number of carbonyl (C=O) groups is 1. The van der Waals surface area contributed by atoms with Crippen LogP contribution in [-0.4, -0.2) is 12.7 Å². The van der Waals surface area contributed by atoms with Gasteiger partial charge < -0.3 is 20.5 Å². The van der Waals surface area contributed by atoms with Crippen LogP contribution in [0.25, 0.3) is 0 Å². The van der Waals surface area contributed by atoms with Gasteiger partial charge in [0.15, 0.2) is 11.5 Å². The Morgan fingerprint density at radius 3 is 2.81 bits per heavy atom. The second-order valence-electron chi connectivity index (χ2n) is 4.95. The van der Waals surface area contributed by atoms with Crippen LogP contribution < -0.4 is 20.5 Å². The van der Waals surface area contributed by atoms with Gasteiger partial charge in [-0.25, -0.2) is 0 Å². The molecule has 0 saturated heterocycles. The number of rotatable bonds is 3. The van der Waals surface area contributed by atoms with E-state index in [4.69, 9.17) is 15.2 Å². The van der Waals surface area contributed by atoms with Crippen LogP contribution >= 0.6 is 0 Å². The molecular formula is C16H16N2O3. The molecule has 3 N–H and O–H groups in total. The minimum absolute atomic E-state index is 0.0977. The SMILES string of the molecule is CC(C(=O)Nc1ccc2c(c1)OCO2)c1cccc(N)c1. The molecule has 0 fully saturated rings. The number of fused-ring (bicyclic) bond motifs is 1. The number of nitrogen functional groups attached to an aromatic ring is 1. The van der Waals surface area contributed by atoms with E-state index in [1.165, 1.54) is 0 Å². The minimum atomic E-state index is -0.293. The van der Waals surface area contributed by atoms with Gasteiger partial charge in [0.05, 0.1) is 5.92 Å². The smallest absolute Gasteiger partial charge is 0.231 e. The summed E-state index contributed by atoms with van der Waals surface area (Å²) in [6, 6.07) is 12.7. The van der Waals surface area contributed by atoms with E-state index < -0.39 is 0 Å². The van der Waals surface area contributed by atoms with Crippen molar-refractivity contribution in [1.29, 1.82) is 0 Å². The van der Waals surface area contributed by atoms with Crippen molar-refractivity contribution in [1.82, 2.24) is 0 Å². The lowest BCUT2D eigenvalue weighted by Crippen LogP contribution is -2.18. The van der Waals surface area contributed by atoms with Crippen molar-refractivity contribution in [3.05, 3.63) is 48.0 Å². The monoisotopic (exact) mass is 284 g/mol. The molecular weight excluding hydrogens is 268 g/mol. The summed E-state index contributed by atoms with van der Waals surface area (Å²) in [7, 11) is 0. The van der Waals surface area contributed by atoms with Gasteiger partial charge in [0.25, 0.3) is 0 Å². The van der Waals surface area contributed by atoms with Crippen LogP contribution in [0.15, 0.2) is 42.5 Å². The highest BCUT2D eigenvalue weighted by Crippen LogP contribution is 2.34. The van der Waals surface area contributed by atoms with Gasteiger partial charge in [-0.05, 0) is 36.8 Å². The van der Waals surface area contributed by atoms with Crippen LogP contribution in [0, 0.1) is 0 Å². The zero-order chi connectivity index (χ0) is 14.8. The van der Waals surface area contributed by atoms with Gasteiger partial charge >= 0.3 is 0 Å². The Morgan fingerprint density at radius 2 is 2.00 bits per heavy atom. The molecule has 1 amide bonds. The first kappa shape index (κ1) is 13.3. The summed E-state index contributed by atoms with van der Waals surface area (Å²) in [5.74, 6) is 0.944. The summed E-state index contributed by atoms with van der Waals surface area (Å²) in [6.07, 6.45) is 0. The fraction of sp³-hybridized carbons (Fsp3) is 0.188. The highest BCUT2D eigenvalue weighted by atomic mass is 16.7. The van der Waals surface area contributed by atoms with Crippen LogP contribution in [0.1, 0.15) is 18.4 Å². The standard InChI is InChI=1S/C16H16N2O3/c1-10(11-3-2-4-12(17)7-11)16(19)18-13-5-6-14-15(8-13)21-9-20-14/h2-8,10H,9,17H2,1H3,(H,18,19). The molecule has 0 bridgehead atoms. The Bertz CT molecular complexity index is 685. The molecule has 0 aromatic heterocycles. The lowest BCUT2D eigenvalue weighted by atomic mass is 10.00. The Labute approximate surface area is 122 Å². The second-order valence-corrected chi connectivity index (χ2v) is 4.95. The van der Waals surface area contributed by atoms with Gasteiger partial charge in [-0.1, -0.05) is 12.1 Å². The van der Waals surface area contributed by atoms with E-state index in [-0.39, 0.29) is 18.6 Å². The predicted octanol–water partition coefficient (Wildman–Crippen LogP) is 2.74. The molecule has 1 aliphatic heterocycles. The first-order valence-corrected chi connectivity index (χ1v) is 6.69. The molecule has 5 heteroatoms. The van der Waals surface area contributed by atoms with Gasteiger partial charge in [0.1, 0.15) is 0 Å². The largest absolute Gasteiger partial charge is 0.454 e. The third-order valence-electron chi connectivity index (χ3n) is 3.44. The molecule has 108 valence electrons. The maximum atomic E-state index is 12.3. The van der Waals surface area contributed by atoms with Crippen molar-refractivity contribution >= 4 is 17.3 Å². The topological polar surface area (TPSA) is 73.6 Å². The number of anilines is 2. The second kappa shape index (κ2) is 5.36. The zero-order valence-electron chi connectivity index (χ0n) is 11.6. The van der Waals surface area contributed by atoms with Crippen LogP contribution in [-0.2, 0) is 4.79 Å². The molecule has 21 heavy (non-hydrogen) atoms. The maximum absolute atomic E-state index is 12.3. The summed E-state index contributed by atoms with van der Waals surface area (Å²) in [5, 5.41) is 2.87. The molecule has 2 aromatic rings. The Morgan fingerprint density at radius 1 is 1.19 bits per heavy atom. The highest BCUT2D eigenvalue weighted by molar-refractivity contribution is 5.96. The van der Waals surface area contributed by atoms with Gasteiger partial charge in [-0.3, -0.25) is 4.79 Å². The number of ether oxygens (including phenoxy) is 2. The first-order chi connectivity index (χ1) is 10.1. The van der Waals surface area contributed by atoms with Crippen molar-refractivity contribution in [2.45, 2.75) is 12.8 Å². The van der Waals surface area contributed by atoms with Gasteiger partial charge in [0, 0.05) is 17.4 Å². The van der Waals surface area contributed by atoms with Gasteiger partial charge in [0.2, 0.25) is 12.7 Å². The van der Waals surface area contributed by atoms with Crippen LogP contribution in [0.4, 0.5) is 11.4 Å². The van der Waals surface area contributed by atoms with E-state index in [0.29, 0.717) is 22.9 Å². The minimum Gasteiger partial charge on any atom is -0.454 e. The Balaban J connectivity index is 1.74. The average molecular weight is 284 g/mol. The quantitative estimate of drug-likeness (QED) is 0.850. The number of hydrogen-bond acceptors (Lipinski definition) is 4. The summed E-state index contributed by atoms with van der Waals surface area (Å²) in [4.78, 5) is 12.3. The van der Waals surface area contributed by atoms with Crippen molar-refractivity contribution < 1.29 is 14.3 Å². The number of hydrogen-bond donors (Lipinski definition) is 2. The van der Waals surface area contributed by atoms with Crippen molar-refractivity contribution in [3.63, 3.8) is 0 Å². The summed E-state index contributed by atoms with van der Waals surface area (Å²) in [5.41, 5.74) is 7.96. The predicted molar refractivity (Wildman–Crippen MR) is 80.5 cm³/mol. The van der Waals surface area contributed by atoms with E-state index in [9.17, 15) is 4.79 Å². The van der Waals surface area contributed by atoms with E-state index in [0.717, 1.165) is 5.56 Å². The van der Waals surface area contributed by atoms with E-state index >= 15 is 0 Å². The van der Waals surface area contributed by atoms with E-state index in [1.807, 2.05) is 25.1 Å². The molecule has 1 atom stereocenters. The number of carbonyl (C=O) groups excluding carboxylic acids is 1. The fourth-order valence-corrected chi connectivity index (χ4v) is 2.20. The molecule has 0 radical (unpaired) electrons. The third kappa shape index (κ3) is 2.76. The highest BCUT2D eigenvalue weighted by Gasteiger charge is 2.18. The molecule has 1 unspecified atom stereocenters. The van der Waals surface area contributed by atoms with Crippen LogP contribution in [0.2, 0.25) is 0 Å². The molecule has 0 saturated carbocycles. The molecule has 2 aromatic carbocycles. The molecule has 0 spiro atoms. The van der Waals surface area contributed by atoms with Crippen molar-refractivity contribution in [2.24, 2.45) is 0 Å².